The number of hydrogen-bond acceptors (Lipinski definition) is 4. The van der Waals surface area contributed by atoms with Crippen molar-refractivity contribution in [1.29, 1.82) is 0 Å². The van der Waals surface area contributed by atoms with Crippen LogP contribution in [0.3, 0.4) is 0 Å². The predicted octanol–water partition coefficient (Wildman–Crippen LogP) is 3.64. The number of H-pyrrole nitrogens is 1. The first kappa shape index (κ1) is 17.1. The molecule has 10 heteroatoms. The molecule has 0 aliphatic heterocycles. The second-order valence-corrected chi connectivity index (χ2v) is 5.73. The van der Waals surface area contributed by atoms with Gasteiger partial charge in [0.2, 0.25) is 4.77 Å². The summed E-state index contributed by atoms with van der Waals surface area (Å²) in [6.45, 7) is 3.68. The van der Waals surface area contributed by atoms with Gasteiger partial charge < -0.3 is 0 Å². The standard InChI is InChI=1S/C15H13F3N6S/c1-9-6-10(2)23(22-9)13-20-21-14(25)24(13)19-8-11-4-3-5-12(7-11)15(16,17)18/h3-8H,1-2H3,(H,21,25)/b19-8-. The zero-order valence-electron chi connectivity index (χ0n) is 13.2. The van der Waals surface area contributed by atoms with E-state index in [2.05, 4.69) is 20.4 Å². The van der Waals surface area contributed by atoms with Gasteiger partial charge in [0, 0.05) is 5.69 Å². The number of aromatic amines is 1. The van der Waals surface area contributed by atoms with Gasteiger partial charge in [-0.05, 0) is 49.8 Å². The van der Waals surface area contributed by atoms with Crippen molar-refractivity contribution in [3.8, 4) is 5.95 Å². The Hall–Kier alpha value is -2.75. The molecular formula is C15H13F3N6S. The maximum atomic E-state index is 12.8. The van der Waals surface area contributed by atoms with E-state index in [-0.39, 0.29) is 10.3 Å². The second-order valence-electron chi connectivity index (χ2n) is 5.35. The van der Waals surface area contributed by atoms with Crippen molar-refractivity contribution < 1.29 is 13.2 Å². The number of halogens is 3. The molecular weight excluding hydrogens is 353 g/mol. The first-order valence-electron chi connectivity index (χ1n) is 7.18. The molecule has 0 bridgehead atoms. The molecule has 0 fully saturated rings. The average molecular weight is 366 g/mol. The van der Waals surface area contributed by atoms with Crippen LogP contribution in [0.5, 0.6) is 0 Å². The van der Waals surface area contributed by atoms with E-state index in [9.17, 15) is 13.2 Å². The van der Waals surface area contributed by atoms with Crippen LogP contribution < -0.4 is 0 Å². The Labute approximate surface area is 145 Å². The van der Waals surface area contributed by atoms with Crippen molar-refractivity contribution >= 4 is 18.4 Å². The lowest BCUT2D eigenvalue weighted by Gasteiger charge is -2.06. The van der Waals surface area contributed by atoms with E-state index < -0.39 is 11.7 Å². The maximum absolute atomic E-state index is 12.8. The third-order valence-electron chi connectivity index (χ3n) is 3.37. The number of nitrogens with zero attached hydrogens (tertiary/aromatic N) is 5. The lowest BCUT2D eigenvalue weighted by atomic mass is 10.1. The van der Waals surface area contributed by atoms with Gasteiger partial charge in [0.15, 0.2) is 0 Å². The minimum Gasteiger partial charge on any atom is -0.248 e. The van der Waals surface area contributed by atoms with Gasteiger partial charge in [0.25, 0.3) is 5.95 Å². The highest BCUT2D eigenvalue weighted by molar-refractivity contribution is 7.71. The summed E-state index contributed by atoms with van der Waals surface area (Å²) >= 11 is 5.13. The summed E-state index contributed by atoms with van der Waals surface area (Å²) in [6, 6.07) is 6.71. The second kappa shape index (κ2) is 6.28. The van der Waals surface area contributed by atoms with Crippen molar-refractivity contribution in [1.82, 2.24) is 24.7 Å². The van der Waals surface area contributed by atoms with E-state index >= 15 is 0 Å². The van der Waals surface area contributed by atoms with Crippen LogP contribution in [0.25, 0.3) is 5.95 Å². The Morgan fingerprint density at radius 2 is 2.00 bits per heavy atom. The Morgan fingerprint density at radius 1 is 1.24 bits per heavy atom. The molecule has 0 radical (unpaired) electrons. The number of nitrogens with one attached hydrogen (secondary N) is 1. The quantitative estimate of drug-likeness (QED) is 0.569. The fraction of sp³-hybridized carbons (Fsp3) is 0.200. The number of benzene rings is 1. The highest BCUT2D eigenvalue weighted by atomic mass is 32.1. The van der Waals surface area contributed by atoms with Gasteiger partial charge in [-0.3, -0.25) is 0 Å². The Balaban J connectivity index is 1.99. The van der Waals surface area contributed by atoms with Crippen LogP contribution >= 0.6 is 12.2 Å². The molecule has 1 N–H and O–H groups in total. The first-order chi connectivity index (χ1) is 11.8. The molecule has 0 saturated carbocycles. The number of aryl methyl sites for hydroxylation is 2. The van der Waals surface area contributed by atoms with Gasteiger partial charge in [-0.15, -0.1) is 5.10 Å². The minimum atomic E-state index is -4.41. The SMILES string of the molecule is Cc1cc(C)n(-c2n[nH]c(=S)n2/N=C\c2cccc(C(F)(F)F)c2)n1. The van der Waals surface area contributed by atoms with Gasteiger partial charge in [0.05, 0.1) is 17.5 Å². The molecule has 1 aromatic carbocycles. The zero-order valence-corrected chi connectivity index (χ0v) is 14.1. The van der Waals surface area contributed by atoms with Crippen LogP contribution in [0.15, 0.2) is 35.4 Å². The molecule has 0 atom stereocenters. The lowest BCUT2D eigenvalue weighted by molar-refractivity contribution is -0.137. The third kappa shape index (κ3) is 3.53. The van der Waals surface area contributed by atoms with E-state index in [1.54, 1.807) is 4.68 Å². The summed E-state index contributed by atoms with van der Waals surface area (Å²) in [6.07, 6.45) is -3.12. The van der Waals surface area contributed by atoms with Crippen LogP contribution in [0.1, 0.15) is 22.5 Å². The molecule has 0 spiro atoms. The van der Waals surface area contributed by atoms with Crippen molar-refractivity contribution in [2.75, 3.05) is 0 Å². The van der Waals surface area contributed by atoms with Crippen molar-refractivity contribution in [2.45, 2.75) is 20.0 Å². The molecule has 0 saturated heterocycles. The summed E-state index contributed by atoms with van der Waals surface area (Å²) in [5, 5.41) is 15.1. The Kier molecular flexibility index (Phi) is 4.29. The molecule has 3 rings (SSSR count). The predicted molar refractivity (Wildman–Crippen MR) is 88.4 cm³/mol. The van der Waals surface area contributed by atoms with E-state index in [4.69, 9.17) is 12.2 Å². The van der Waals surface area contributed by atoms with Gasteiger partial charge in [-0.2, -0.15) is 28.0 Å². The molecule has 25 heavy (non-hydrogen) atoms. The van der Waals surface area contributed by atoms with E-state index in [1.807, 2.05) is 19.9 Å². The van der Waals surface area contributed by atoms with Crippen molar-refractivity contribution in [3.63, 3.8) is 0 Å². The average Bonchev–Trinajstić information content (AvgIpc) is 3.06. The summed E-state index contributed by atoms with van der Waals surface area (Å²) in [4.78, 5) is 0. The summed E-state index contributed by atoms with van der Waals surface area (Å²) in [7, 11) is 0. The van der Waals surface area contributed by atoms with Crippen molar-refractivity contribution in [3.05, 3.63) is 57.6 Å². The third-order valence-corrected chi connectivity index (χ3v) is 3.63. The first-order valence-corrected chi connectivity index (χ1v) is 7.59. The molecule has 2 aromatic heterocycles. The lowest BCUT2D eigenvalue weighted by Crippen LogP contribution is -2.07. The van der Waals surface area contributed by atoms with Crippen LogP contribution in [-0.2, 0) is 6.18 Å². The molecule has 0 unspecified atom stereocenters. The highest BCUT2D eigenvalue weighted by Crippen LogP contribution is 2.29. The number of hydrogen-bond donors (Lipinski definition) is 1. The van der Waals surface area contributed by atoms with Crippen LogP contribution in [0, 0.1) is 18.6 Å². The molecule has 0 amide bonds. The van der Waals surface area contributed by atoms with E-state index in [0.29, 0.717) is 5.95 Å². The molecule has 0 aliphatic carbocycles. The molecule has 6 nitrogen and oxygen atoms in total. The number of alkyl halides is 3. The zero-order chi connectivity index (χ0) is 18.2. The number of aromatic nitrogens is 5. The fourth-order valence-corrected chi connectivity index (χ4v) is 2.45. The number of rotatable bonds is 3. The van der Waals surface area contributed by atoms with Crippen LogP contribution in [0.4, 0.5) is 13.2 Å². The highest BCUT2D eigenvalue weighted by Gasteiger charge is 2.30. The van der Waals surface area contributed by atoms with E-state index in [0.717, 1.165) is 23.5 Å². The summed E-state index contributed by atoms with van der Waals surface area (Å²) in [5.41, 5.74) is 1.16. The maximum Gasteiger partial charge on any atom is 0.416 e. The monoisotopic (exact) mass is 366 g/mol. The van der Waals surface area contributed by atoms with Gasteiger partial charge >= 0.3 is 6.18 Å². The van der Waals surface area contributed by atoms with Crippen molar-refractivity contribution in [2.24, 2.45) is 5.10 Å². The molecule has 3 aromatic rings. The van der Waals surface area contributed by atoms with E-state index in [1.165, 1.54) is 23.0 Å². The molecule has 130 valence electrons. The minimum absolute atomic E-state index is 0.200. The van der Waals surface area contributed by atoms with Gasteiger partial charge in [0.1, 0.15) is 0 Å². The normalized spacial score (nSPS) is 12.2. The summed E-state index contributed by atoms with van der Waals surface area (Å²) in [5.74, 6) is 0.318. The molecule has 0 aliphatic rings. The smallest absolute Gasteiger partial charge is 0.248 e. The Bertz CT molecular complexity index is 995. The summed E-state index contributed by atoms with van der Waals surface area (Å²) < 4.78 is 41.4. The van der Waals surface area contributed by atoms with Crippen LogP contribution in [0.2, 0.25) is 0 Å². The van der Waals surface area contributed by atoms with Crippen LogP contribution in [-0.4, -0.2) is 30.9 Å². The largest absolute Gasteiger partial charge is 0.416 e. The Morgan fingerprint density at radius 3 is 2.64 bits per heavy atom. The fourth-order valence-electron chi connectivity index (χ4n) is 2.28. The molecule has 2 heterocycles. The van der Waals surface area contributed by atoms with Gasteiger partial charge in [-0.25, -0.2) is 9.78 Å². The van der Waals surface area contributed by atoms with Gasteiger partial charge in [-0.1, -0.05) is 12.1 Å². The topological polar surface area (TPSA) is 63.8 Å².